The summed E-state index contributed by atoms with van der Waals surface area (Å²) in [7, 11) is 1.55. The van der Waals surface area contributed by atoms with Crippen molar-refractivity contribution >= 4 is 0 Å². The highest BCUT2D eigenvalue weighted by Gasteiger charge is 2.18. The first-order chi connectivity index (χ1) is 8.24. The molecule has 0 heterocycles. The van der Waals surface area contributed by atoms with Gasteiger partial charge in [-0.1, -0.05) is 13.0 Å². The summed E-state index contributed by atoms with van der Waals surface area (Å²) >= 11 is 0. The molecule has 17 heavy (non-hydrogen) atoms. The first kappa shape index (κ1) is 13.5. The van der Waals surface area contributed by atoms with Gasteiger partial charge >= 0.3 is 0 Å². The Kier molecular flexibility index (Phi) is 5.51. The predicted molar refractivity (Wildman–Crippen MR) is 67.4 cm³/mol. The maximum absolute atomic E-state index is 13.9. The van der Waals surface area contributed by atoms with E-state index in [1.54, 1.807) is 26.2 Å². The fraction of sp³-hybridized carbons (Fsp3) is 0.429. The summed E-state index contributed by atoms with van der Waals surface area (Å²) in [5.74, 6) is 6.11. The highest BCUT2D eigenvalue weighted by atomic mass is 19.1. The van der Waals surface area contributed by atoms with Gasteiger partial charge in [0.1, 0.15) is 11.6 Å². The van der Waals surface area contributed by atoms with E-state index in [2.05, 4.69) is 17.2 Å². The van der Waals surface area contributed by atoms with Crippen LogP contribution < -0.4 is 10.1 Å². The number of ether oxygens (including phenoxy) is 1. The average Bonchev–Trinajstić information content (AvgIpc) is 2.34. The SMILES string of the molecule is CC#CCC(NCC)c1c(F)cccc1OC. The van der Waals surface area contributed by atoms with Gasteiger partial charge in [-0.05, 0) is 25.6 Å². The molecule has 3 heteroatoms. The lowest BCUT2D eigenvalue weighted by atomic mass is 10.0. The summed E-state index contributed by atoms with van der Waals surface area (Å²) < 4.78 is 19.1. The summed E-state index contributed by atoms with van der Waals surface area (Å²) in [6.07, 6.45) is 0.571. The molecule has 0 saturated heterocycles. The second-order valence-electron chi connectivity index (χ2n) is 3.60. The highest BCUT2D eigenvalue weighted by molar-refractivity contribution is 5.37. The van der Waals surface area contributed by atoms with Gasteiger partial charge in [-0.15, -0.1) is 11.8 Å². The Balaban J connectivity index is 3.09. The Morgan fingerprint density at radius 1 is 1.47 bits per heavy atom. The van der Waals surface area contributed by atoms with Crippen molar-refractivity contribution in [1.29, 1.82) is 0 Å². The van der Waals surface area contributed by atoms with E-state index in [4.69, 9.17) is 4.74 Å². The summed E-state index contributed by atoms with van der Waals surface area (Å²) in [6, 6.07) is 4.72. The molecule has 2 nitrogen and oxygen atoms in total. The van der Waals surface area contributed by atoms with Crippen LogP contribution >= 0.6 is 0 Å². The molecule has 0 radical (unpaired) electrons. The summed E-state index contributed by atoms with van der Waals surface area (Å²) in [5, 5.41) is 3.23. The van der Waals surface area contributed by atoms with Crippen LogP contribution in [0, 0.1) is 17.7 Å². The van der Waals surface area contributed by atoms with Gasteiger partial charge < -0.3 is 10.1 Å². The molecule has 0 bridgehead atoms. The molecule has 0 amide bonds. The molecule has 1 rings (SSSR count). The number of halogens is 1. The van der Waals surface area contributed by atoms with E-state index in [9.17, 15) is 4.39 Å². The molecule has 0 aliphatic carbocycles. The summed E-state index contributed by atoms with van der Waals surface area (Å²) in [6.45, 7) is 4.52. The molecule has 92 valence electrons. The zero-order valence-electron chi connectivity index (χ0n) is 10.5. The fourth-order valence-electron chi connectivity index (χ4n) is 1.76. The average molecular weight is 235 g/mol. The number of methoxy groups -OCH3 is 1. The van der Waals surface area contributed by atoms with Gasteiger partial charge in [-0.25, -0.2) is 4.39 Å². The molecule has 0 aliphatic heterocycles. The molecule has 1 aromatic rings. The Morgan fingerprint density at radius 2 is 2.24 bits per heavy atom. The molecular formula is C14H18FNO. The third-order valence-electron chi connectivity index (χ3n) is 2.51. The van der Waals surface area contributed by atoms with E-state index in [0.717, 1.165) is 6.54 Å². The molecule has 1 aromatic carbocycles. The van der Waals surface area contributed by atoms with Crippen molar-refractivity contribution in [3.8, 4) is 17.6 Å². The summed E-state index contributed by atoms with van der Waals surface area (Å²) in [5.41, 5.74) is 0.555. The minimum atomic E-state index is -0.256. The van der Waals surface area contributed by atoms with E-state index < -0.39 is 0 Å². The van der Waals surface area contributed by atoms with Crippen LogP contribution in [0.3, 0.4) is 0 Å². The largest absolute Gasteiger partial charge is 0.496 e. The van der Waals surface area contributed by atoms with Crippen LogP contribution in [-0.2, 0) is 0 Å². The fourth-order valence-corrected chi connectivity index (χ4v) is 1.76. The number of nitrogens with one attached hydrogen (secondary N) is 1. The monoisotopic (exact) mass is 235 g/mol. The molecule has 1 unspecified atom stereocenters. The molecule has 1 atom stereocenters. The predicted octanol–water partition coefficient (Wildman–Crippen LogP) is 2.90. The minimum absolute atomic E-state index is 0.136. The zero-order valence-corrected chi connectivity index (χ0v) is 10.5. The van der Waals surface area contributed by atoms with Crippen molar-refractivity contribution < 1.29 is 9.13 Å². The quantitative estimate of drug-likeness (QED) is 0.792. The van der Waals surface area contributed by atoms with Crippen molar-refractivity contribution in [2.75, 3.05) is 13.7 Å². The smallest absolute Gasteiger partial charge is 0.131 e. The van der Waals surface area contributed by atoms with Crippen molar-refractivity contribution in [1.82, 2.24) is 5.32 Å². The molecule has 0 aromatic heterocycles. The second-order valence-corrected chi connectivity index (χ2v) is 3.60. The summed E-state index contributed by atoms with van der Waals surface area (Å²) in [4.78, 5) is 0. The number of hydrogen-bond acceptors (Lipinski definition) is 2. The van der Waals surface area contributed by atoms with Crippen molar-refractivity contribution in [2.24, 2.45) is 0 Å². The lowest BCUT2D eigenvalue weighted by Gasteiger charge is -2.19. The Morgan fingerprint density at radius 3 is 2.82 bits per heavy atom. The van der Waals surface area contributed by atoms with Gasteiger partial charge in [-0.2, -0.15) is 0 Å². The molecule has 0 spiro atoms. The van der Waals surface area contributed by atoms with Crippen LogP contribution in [0.15, 0.2) is 18.2 Å². The third-order valence-corrected chi connectivity index (χ3v) is 2.51. The Bertz CT molecular complexity index is 420. The molecule has 0 aliphatic rings. The first-order valence-corrected chi connectivity index (χ1v) is 5.70. The van der Waals surface area contributed by atoms with Crippen LogP contribution in [-0.4, -0.2) is 13.7 Å². The van der Waals surface area contributed by atoms with Crippen LogP contribution in [0.1, 0.15) is 31.9 Å². The van der Waals surface area contributed by atoms with Crippen molar-refractivity contribution in [3.63, 3.8) is 0 Å². The maximum atomic E-state index is 13.9. The number of benzene rings is 1. The van der Waals surface area contributed by atoms with Gasteiger partial charge in [0, 0.05) is 18.0 Å². The molecule has 1 N–H and O–H groups in total. The maximum Gasteiger partial charge on any atom is 0.131 e. The van der Waals surface area contributed by atoms with Crippen LogP contribution in [0.25, 0.3) is 0 Å². The normalized spacial score (nSPS) is 11.5. The van der Waals surface area contributed by atoms with E-state index in [0.29, 0.717) is 17.7 Å². The number of hydrogen-bond donors (Lipinski definition) is 1. The van der Waals surface area contributed by atoms with Gasteiger partial charge in [0.05, 0.1) is 7.11 Å². The van der Waals surface area contributed by atoms with Gasteiger partial charge in [0.2, 0.25) is 0 Å². The molecule has 0 fully saturated rings. The first-order valence-electron chi connectivity index (χ1n) is 5.70. The van der Waals surface area contributed by atoms with Gasteiger partial charge in [0.15, 0.2) is 0 Å². The molecule has 0 saturated carbocycles. The van der Waals surface area contributed by atoms with E-state index in [1.165, 1.54) is 6.07 Å². The minimum Gasteiger partial charge on any atom is -0.496 e. The van der Waals surface area contributed by atoms with Crippen LogP contribution in [0.4, 0.5) is 4.39 Å². The van der Waals surface area contributed by atoms with Crippen LogP contribution in [0.5, 0.6) is 5.75 Å². The van der Waals surface area contributed by atoms with Crippen molar-refractivity contribution in [3.05, 3.63) is 29.6 Å². The third kappa shape index (κ3) is 3.47. The van der Waals surface area contributed by atoms with E-state index in [-0.39, 0.29) is 11.9 Å². The van der Waals surface area contributed by atoms with Crippen LogP contribution in [0.2, 0.25) is 0 Å². The zero-order chi connectivity index (χ0) is 12.7. The Hall–Kier alpha value is -1.53. The lowest BCUT2D eigenvalue weighted by Crippen LogP contribution is -2.22. The topological polar surface area (TPSA) is 21.3 Å². The van der Waals surface area contributed by atoms with Gasteiger partial charge in [0.25, 0.3) is 0 Å². The highest BCUT2D eigenvalue weighted by Crippen LogP contribution is 2.29. The van der Waals surface area contributed by atoms with Gasteiger partial charge in [-0.3, -0.25) is 0 Å². The van der Waals surface area contributed by atoms with E-state index >= 15 is 0 Å². The number of rotatable bonds is 5. The lowest BCUT2D eigenvalue weighted by molar-refractivity contribution is 0.392. The standard InChI is InChI=1S/C14H18FNO/c1-4-6-9-12(16-5-2)14-11(15)8-7-10-13(14)17-3/h7-8,10,12,16H,5,9H2,1-3H3. The Labute approximate surface area is 102 Å². The van der Waals surface area contributed by atoms with E-state index in [1.807, 2.05) is 6.92 Å². The molecular weight excluding hydrogens is 217 g/mol. The van der Waals surface area contributed by atoms with Crippen molar-refractivity contribution in [2.45, 2.75) is 26.3 Å². The second kappa shape index (κ2) is 6.93.